The van der Waals surface area contributed by atoms with Crippen molar-refractivity contribution in [1.29, 1.82) is 0 Å². The fraction of sp³-hybridized carbons (Fsp3) is 0.400. The van der Waals surface area contributed by atoms with Crippen molar-refractivity contribution in [2.24, 2.45) is 5.92 Å². The number of rotatable bonds is 5. The van der Waals surface area contributed by atoms with Gasteiger partial charge in [-0.25, -0.2) is 9.97 Å². The standard InChI is InChI=1S/C20H23N7O/c1-2-19-22-10-16(11-23-19)20(28)26-9-5-6-15(12-26)13-27-14-18(24-25-27)17-7-3-4-8-21-17/h3-4,7-8,10-11,14-15H,2,5-6,9,12-13H2,1H3. The fourth-order valence-electron chi connectivity index (χ4n) is 3.51. The Bertz CT molecular complexity index is 923. The van der Waals surface area contributed by atoms with Crippen LogP contribution in [0.3, 0.4) is 0 Å². The normalized spacial score (nSPS) is 16.9. The summed E-state index contributed by atoms with van der Waals surface area (Å²) in [6, 6.07) is 5.73. The number of amides is 1. The Labute approximate surface area is 163 Å². The third-order valence-electron chi connectivity index (χ3n) is 4.99. The van der Waals surface area contributed by atoms with Crippen LogP contribution in [0.15, 0.2) is 43.0 Å². The molecular formula is C20H23N7O. The lowest BCUT2D eigenvalue weighted by atomic mass is 9.97. The Kier molecular flexibility index (Phi) is 5.36. The minimum Gasteiger partial charge on any atom is -0.338 e. The molecule has 1 saturated heterocycles. The molecule has 0 aromatic carbocycles. The van der Waals surface area contributed by atoms with Crippen molar-refractivity contribution in [2.75, 3.05) is 13.1 Å². The van der Waals surface area contributed by atoms with Crippen LogP contribution < -0.4 is 0 Å². The molecule has 0 aliphatic carbocycles. The highest BCUT2D eigenvalue weighted by atomic mass is 16.2. The van der Waals surface area contributed by atoms with Gasteiger partial charge in [-0.15, -0.1) is 5.10 Å². The molecule has 8 heteroatoms. The molecular weight excluding hydrogens is 354 g/mol. The number of hydrogen-bond acceptors (Lipinski definition) is 6. The maximum Gasteiger partial charge on any atom is 0.257 e. The van der Waals surface area contributed by atoms with Crippen LogP contribution in [0.1, 0.15) is 35.9 Å². The molecule has 8 nitrogen and oxygen atoms in total. The summed E-state index contributed by atoms with van der Waals surface area (Å²) in [7, 11) is 0. The zero-order valence-electron chi connectivity index (χ0n) is 15.9. The molecule has 1 atom stereocenters. The smallest absolute Gasteiger partial charge is 0.257 e. The summed E-state index contributed by atoms with van der Waals surface area (Å²) in [6.45, 7) is 4.19. The van der Waals surface area contributed by atoms with Crippen molar-refractivity contribution in [3.05, 3.63) is 54.4 Å². The van der Waals surface area contributed by atoms with E-state index in [0.29, 0.717) is 18.0 Å². The Morgan fingerprint density at radius 1 is 1.18 bits per heavy atom. The predicted molar refractivity (Wildman–Crippen MR) is 103 cm³/mol. The van der Waals surface area contributed by atoms with Crippen molar-refractivity contribution in [2.45, 2.75) is 32.7 Å². The summed E-state index contributed by atoms with van der Waals surface area (Å²) in [6.07, 6.45) is 9.73. The Hall–Kier alpha value is -3.16. The maximum absolute atomic E-state index is 12.8. The van der Waals surface area contributed by atoms with E-state index in [1.54, 1.807) is 18.6 Å². The van der Waals surface area contributed by atoms with Gasteiger partial charge >= 0.3 is 0 Å². The topological polar surface area (TPSA) is 89.7 Å². The van der Waals surface area contributed by atoms with Gasteiger partial charge < -0.3 is 4.90 Å². The zero-order chi connectivity index (χ0) is 19.3. The van der Waals surface area contributed by atoms with Crippen molar-refractivity contribution < 1.29 is 4.79 Å². The number of carbonyl (C=O) groups is 1. The number of piperidine rings is 1. The maximum atomic E-state index is 12.8. The van der Waals surface area contributed by atoms with Gasteiger partial charge in [0.1, 0.15) is 11.5 Å². The highest BCUT2D eigenvalue weighted by molar-refractivity contribution is 5.93. The lowest BCUT2D eigenvalue weighted by Crippen LogP contribution is -2.41. The second-order valence-electron chi connectivity index (χ2n) is 7.04. The van der Waals surface area contributed by atoms with Crippen molar-refractivity contribution >= 4 is 5.91 Å². The van der Waals surface area contributed by atoms with Crippen molar-refractivity contribution in [3.63, 3.8) is 0 Å². The summed E-state index contributed by atoms with van der Waals surface area (Å²) in [5, 5.41) is 8.46. The zero-order valence-corrected chi connectivity index (χ0v) is 15.9. The summed E-state index contributed by atoms with van der Waals surface area (Å²) in [4.78, 5) is 27.5. The van der Waals surface area contributed by atoms with E-state index >= 15 is 0 Å². The molecule has 1 fully saturated rings. The molecule has 0 saturated carbocycles. The molecule has 1 amide bonds. The molecule has 3 aromatic heterocycles. The summed E-state index contributed by atoms with van der Waals surface area (Å²) in [5.74, 6) is 1.09. The van der Waals surface area contributed by atoms with Gasteiger partial charge in [-0.1, -0.05) is 18.2 Å². The van der Waals surface area contributed by atoms with Crippen LogP contribution in [0.5, 0.6) is 0 Å². The van der Waals surface area contributed by atoms with Crippen LogP contribution in [0.2, 0.25) is 0 Å². The molecule has 0 radical (unpaired) electrons. The van der Waals surface area contributed by atoms with Crippen LogP contribution in [-0.4, -0.2) is 53.8 Å². The summed E-state index contributed by atoms with van der Waals surface area (Å²) in [5.41, 5.74) is 2.12. The Morgan fingerprint density at radius 3 is 2.79 bits per heavy atom. The van der Waals surface area contributed by atoms with Gasteiger partial charge in [-0.2, -0.15) is 0 Å². The van der Waals surface area contributed by atoms with E-state index in [-0.39, 0.29) is 5.91 Å². The van der Waals surface area contributed by atoms with Gasteiger partial charge in [0.15, 0.2) is 0 Å². The monoisotopic (exact) mass is 377 g/mol. The minimum absolute atomic E-state index is 0.000109. The first-order chi connectivity index (χ1) is 13.7. The van der Waals surface area contributed by atoms with Gasteiger partial charge in [0, 0.05) is 44.6 Å². The summed E-state index contributed by atoms with van der Waals surface area (Å²) >= 11 is 0. The van der Waals surface area contributed by atoms with Gasteiger partial charge in [0.2, 0.25) is 0 Å². The lowest BCUT2D eigenvalue weighted by Gasteiger charge is -2.32. The van der Waals surface area contributed by atoms with E-state index in [0.717, 1.165) is 49.6 Å². The number of aromatic nitrogens is 6. The molecule has 144 valence electrons. The first-order valence-corrected chi connectivity index (χ1v) is 9.64. The number of nitrogens with zero attached hydrogens (tertiary/aromatic N) is 7. The molecule has 1 unspecified atom stereocenters. The SMILES string of the molecule is CCc1ncc(C(=O)N2CCCC(Cn3cc(-c4ccccn4)nn3)C2)cn1. The molecule has 0 N–H and O–H groups in total. The largest absolute Gasteiger partial charge is 0.338 e. The van der Waals surface area contributed by atoms with E-state index in [2.05, 4.69) is 25.3 Å². The average Bonchev–Trinajstić information content (AvgIpc) is 3.22. The molecule has 4 heterocycles. The predicted octanol–water partition coefficient (Wildman–Crippen LogP) is 2.24. The van der Waals surface area contributed by atoms with Crippen LogP contribution in [0, 0.1) is 5.92 Å². The first-order valence-electron chi connectivity index (χ1n) is 9.64. The molecule has 1 aliphatic heterocycles. The van der Waals surface area contributed by atoms with Gasteiger partial charge in [-0.3, -0.25) is 14.5 Å². The molecule has 3 aromatic rings. The number of likely N-dealkylation sites (tertiary alicyclic amines) is 1. The highest BCUT2D eigenvalue weighted by Crippen LogP contribution is 2.21. The van der Waals surface area contributed by atoms with Crippen molar-refractivity contribution in [3.8, 4) is 11.4 Å². The Balaban J connectivity index is 1.40. The van der Waals surface area contributed by atoms with Gasteiger partial charge in [0.05, 0.1) is 17.5 Å². The first kappa shape index (κ1) is 18.2. The number of hydrogen-bond donors (Lipinski definition) is 0. The van der Waals surface area contributed by atoms with E-state index in [1.165, 1.54) is 0 Å². The van der Waals surface area contributed by atoms with Crippen LogP contribution in [-0.2, 0) is 13.0 Å². The van der Waals surface area contributed by atoms with E-state index in [9.17, 15) is 4.79 Å². The number of aryl methyl sites for hydroxylation is 1. The third kappa shape index (κ3) is 4.05. The van der Waals surface area contributed by atoms with Crippen LogP contribution in [0.25, 0.3) is 11.4 Å². The molecule has 28 heavy (non-hydrogen) atoms. The van der Waals surface area contributed by atoms with E-state index < -0.39 is 0 Å². The molecule has 4 rings (SSSR count). The number of pyridine rings is 1. The third-order valence-corrected chi connectivity index (χ3v) is 4.99. The van der Waals surface area contributed by atoms with Crippen molar-refractivity contribution in [1.82, 2.24) is 34.8 Å². The summed E-state index contributed by atoms with van der Waals surface area (Å²) < 4.78 is 1.85. The molecule has 0 spiro atoms. The van der Waals surface area contributed by atoms with Crippen LogP contribution in [0.4, 0.5) is 0 Å². The van der Waals surface area contributed by atoms with E-state index in [4.69, 9.17) is 0 Å². The average molecular weight is 377 g/mol. The molecule has 1 aliphatic rings. The second kappa shape index (κ2) is 8.24. The number of carbonyl (C=O) groups excluding carboxylic acids is 1. The van der Waals surface area contributed by atoms with Crippen LogP contribution >= 0.6 is 0 Å². The van der Waals surface area contributed by atoms with E-state index in [1.807, 2.05) is 40.9 Å². The quantitative estimate of drug-likeness (QED) is 0.677. The minimum atomic E-state index is 0.000109. The lowest BCUT2D eigenvalue weighted by molar-refractivity contribution is 0.0658. The fourth-order valence-corrected chi connectivity index (χ4v) is 3.51. The van der Waals surface area contributed by atoms with Gasteiger partial charge in [0.25, 0.3) is 5.91 Å². The van der Waals surface area contributed by atoms with Gasteiger partial charge in [-0.05, 0) is 30.9 Å². The molecule has 0 bridgehead atoms. The second-order valence-corrected chi connectivity index (χ2v) is 7.04. The Morgan fingerprint density at radius 2 is 2.04 bits per heavy atom. The highest BCUT2D eigenvalue weighted by Gasteiger charge is 2.25.